The van der Waals surface area contributed by atoms with E-state index in [1.807, 2.05) is 6.20 Å². The molecule has 1 unspecified atom stereocenters. The lowest BCUT2D eigenvalue weighted by molar-refractivity contribution is -0.142. The van der Waals surface area contributed by atoms with Gasteiger partial charge in [-0.3, -0.25) is 9.78 Å². The number of piperidine rings is 1. The van der Waals surface area contributed by atoms with E-state index in [9.17, 15) is 4.79 Å². The number of aryl methyl sites for hydroxylation is 1. The SMILES string of the molecule is Cc1nccc2cc(-c3ccc(C4(C5CCN(C(=O)C6CCCO6)CC5)CC4)cc3)ccc12. The number of benzene rings is 2. The van der Waals surface area contributed by atoms with Crippen molar-refractivity contribution >= 4 is 16.7 Å². The minimum Gasteiger partial charge on any atom is -0.368 e. The van der Waals surface area contributed by atoms with Gasteiger partial charge in [0, 0.05) is 37.0 Å². The van der Waals surface area contributed by atoms with Gasteiger partial charge in [-0.1, -0.05) is 36.4 Å². The number of pyridine rings is 1. The van der Waals surface area contributed by atoms with Gasteiger partial charge in [-0.15, -0.1) is 0 Å². The van der Waals surface area contributed by atoms with Crippen LogP contribution in [-0.2, 0) is 14.9 Å². The van der Waals surface area contributed by atoms with Gasteiger partial charge in [0.05, 0.1) is 0 Å². The summed E-state index contributed by atoms with van der Waals surface area (Å²) in [5.74, 6) is 0.898. The van der Waals surface area contributed by atoms with Crippen LogP contribution >= 0.6 is 0 Å². The van der Waals surface area contributed by atoms with Gasteiger partial charge in [-0.2, -0.15) is 0 Å². The molecule has 3 heterocycles. The van der Waals surface area contributed by atoms with E-state index in [4.69, 9.17) is 4.74 Å². The molecule has 1 aliphatic carbocycles. The first-order valence-corrected chi connectivity index (χ1v) is 12.5. The first-order chi connectivity index (χ1) is 16.1. The van der Waals surface area contributed by atoms with Crippen molar-refractivity contribution in [3.05, 3.63) is 66.0 Å². The second-order valence-electron chi connectivity index (χ2n) is 10.2. The largest absolute Gasteiger partial charge is 0.368 e. The molecule has 2 aromatic carbocycles. The zero-order valence-electron chi connectivity index (χ0n) is 19.4. The van der Waals surface area contributed by atoms with E-state index in [1.165, 1.54) is 40.3 Å². The van der Waals surface area contributed by atoms with Crippen LogP contribution in [0.2, 0.25) is 0 Å². The van der Waals surface area contributed by atoms with Crippen LogP contribution in [0.25, 0.3) is 21.9 Å². The average molecular weight is 441 g/mol. The van der Waals surface area contributed by atoms with Gasteiger partial charge in [0.2, 0.25) is 0 Å². The lowest BCUT2D eigenvalue weighted by atomic mass is 9.76. The molecule has 6 rings (SSSR count). The second kappa shape index (κ2) is 8.25. The molecule has 170 valence electrons. The zero-order chi connectivity index (χ0) is 22.4. The van der Waals surface area contributed by atoms with Crippen molar-refractivity contribution in [2.45, 2.75) is 57.0 Å². The van der Waals surface area contributed by atoms with E-state index < -0.39 is 0 Å². The van der Waals surface area contributed by atoms with Gasteiger partial charge < -0.3 is 9.64 Å². The molecule has 3 fully saturated rings. The van der Waals surface area contributed by atoms with Gasteiger partial charge in [0.25, 0.3) is 5.91 Å². The van der Waals surface area contributed by atoms with Gasteiger partial charge in [-0.25, -0.2) is 0 Å². The number of aromatic nitrogens is 1. The van der Waals surface area contributed by atoms with E-state index >= 15 is 0 Å². The highest BCUT2D eigenvalue weighted by molar-refractivity contribution is 5.88. The Hall–Kier alpha value is -2.72. The molecule has 1 atom stereocenters. The molecule has 3 aromatic rings. The Kier molecular flexibility index (Phi) is 5.21. The van der Waals surface area contributed by atoms with Crippen LogP contribution in [0.5, 0.6) is 0 Å². The van der Waals surface area contributed by atoms with E-state index in [0.29, 0.717) is 11.3 Å². The summed E-state index contributed by atoms with van der Waals surface area (Å²) in [7, 11) is 0. The molecule has 2 saturated heterocycles. The summed E-state index contributed by atoms with van der Waals surface area (Å²) >= 11 is 0. The number of likely N-dealkylation sites (tertiary alicyclic amines) is 1. The van der Waals surface area contributed by atoms with E-state index in [2.05, 4.69) is 65.3 Å². The normalized spacial score (nSPS) is 22.6. The number of rotatable bonds is 4. The Balaban J connectivity index is 1.16. The molecule has 3 aliphatic rings. The van der Waals surface area contributed by atoms with E-state index in [0.717, 1.165) is 51.1 Å². The highest BCUT2D eigenvalue weighted by atomic mass is 16.5. The highest BCUT2D eigenvalue weighted by Gasteiger charge is 2.51. The Labute approximate surface area is 196 Å². The van der Waals surface area contributed by atoms with Crippen LogP contribution in [-0.4, -0.2) is 41.6 Å². The van der Waals surface area contributed by atoms with Crippen molar-refractivity contribution in [3.63, 3.8) is 0 Å². The Morgan fingerprint density at radius 2 is 1.76 bits per heavy atom. The van der Waals surface area contributed by atoms with Crippen LogP contribution < -0.4 is 0 Å². The molecule has 1 aromatic heterocycles. The van der Waals surface area contributed by atoms with E-state index in [1.54, 1.807) is 0 Å². The molecule has 0 bridgehead atoms. The van der Waals surface area contributed by atoms with Crippen molar-refractivity contribution in [3.8, 4) is 11.1 Å². The summed E-state index contributed by atoms with van der Waals surface area (Å²) in [4.78, 5) is 19.2. The maximum Gasteiger partial charge on any atom is 0.251 e. The predicted octanol–water partition coefficient (Wildman–Crippen LogP) is 5.66. The lowest BCUT2D eigenvalue weighted by Gasteiger charge is -2.37. The fraction of sp³-hybridized carbons (Fsp3) is 0.448. The number of carbonyl (C=O) groups is 1. The number of hydrogen-bond acceptors (Lipinski definition) is 3. The monoisotopic (exact) mass is 440 g/mol. The topological polar surface area (TPSA) is 42.4 Å². The second-order valence-corrected chi connectivity index (χ2v) is 10.2. The van der Waals surface area contributed by atoms with Crippen LogP contribution in [0.4, 0.5) is 0 Å². The van der Waals surface area contributed by atoms with Crippen molar-refractivity contribution < 1.29 is 9.53 Å². The summed E-state index contributed by atoms with van der Waals surface area (Å²) in [5.41, 5.74) is 5.40. The number of nitrogens with zero attached hydrogens (tertiary/aromatic N) is 2. The summed E-state index contributed by atoms with van der Waals surface area (Å²) in [5, 5.41) is 2.46. The lowest BCUT2D eigenvalue weighted by Crippen LogP contribution is -2.45. The van der Waals surface area contributed by atoms with Crippen molar-refractivity contribution in [2.75, 3.05) is 19.7 Å². The predicted molar refractivity (Wildman–Crippen MR) is 131 cm³/mol. The Bertz CT molecular complexity index is 1170. The molecule has 1 saturated carbocycles. The van der Waals surface area contributed by atoms with Gasteiger partial charge in [0.15, 0.2) is 0 Å². The molecule has 33 heavy (non-hydrogen) atoms. The maximum absolute atomic E-state index is 12.7. The number of fused-ring (bicyclic) bond motifs is 1. The number of hydrogen-bond donors (Lipinski definition) is 0. The third-order valence-corrected chi connectivity index (χ3v) is 8.34. The van der Waals surface area contributed by atoms with Crippen molar-refractivity contribution in [1.29, 1.82) is 0 Å². The maximum atomic E-state index is 12.7. The summed E-state index contributed by atoms with van der Waals surface area (Å²) in [6.07, 6.45) is 8.39. The molecular weight excluding hydrogens is 408 g/mol. The van der Waals surface area contributed by atoms with Crippen LogP contribution in [0.15, 0.2) is 54.7 Å². The average Bonchev–Trinajstić information content (AvgIpc) is 3.49. The van der Waals surface area contributed by atoms with Crippen LogP contribution in [0.1, 0.15) is 49.8 Å². The molecule has 4 heteroatoms. The quantitative estimate of drug-likeness (QED) is 0.526. The van der Waals surface area contributed by atoms with Crippen LogP contribution in [0, 0.1) is 12.8 Å². The number of amides is 1. The summed E-state index contributed by atoms with van der Waals surface area (Å²) < 4.78 is 5.63. The molecule has 2 aliphatic heterocycles. The minimum atomic E-state index is -0.181. The van der Waals surface area contributed by atoms with Crippen molar-refractivity contribution in [2.24, 2.45) is 5.92 Å². The molecule has 0 radical (unpaired) electrons. The molecule has 4 nitrogen and oxygen atoms in total. The molecule has 0 spiro atoms. The standard InChI is InChI=1S/C29H32N2O2/c1-20-26-9-6-22(19-23(26)10-15-30-20)21-4-7-24(8-5-21)29(13-14-29)25-11-16-31(17-12-25)28(32)27-3-2-18-33-27/h4-10,15,19,25,27H,2-3,11-14,16-18H2,1H3. The minimum absolute atomic E-state index is 0.181. The highest BCUT2D eigenvalue weighted by Crippen LogP contribution is 2.57. The van der Waals surface area contributed by atoms with Gasteiger partial charge in [-0.05, 0) is 91.0 Å². The first-order valence-electron chi connectivity index (χ1n) is 12.5. The summed E-state index contributed by atoms with van der Waals surface area (Å²) in [6.45, 7) is 4.57. The Morgan fingerprint density at radius 3 is 2.45 bits per heavy atom. The third kappa shape index (κ3) is 3.74. The molecule has 0 N–H and O–H groups in total. The fourth-order valence-electron chi connectivity index (χ4n) is 6.20. The molecule has 1 amide bonds. The van der Waals surface area contributed by atoms with Gasteiger partial charge >= 0.3 is 0 Å². The number of ether oxygens (including phenoxy) is 1. The smallest absolute Gasteiger partial charge is 0.251 e. The third-order valence-electron chi connectivity index (χ3n) is 8.34. The van der Waals surface area contributed by atoms with Gasteiger partial charge in [0.1, 0.15) is 6.10 Å². The molecular formula is C29H32N2O2. The zero-order valence-corrected chi connectivity index (χ0v) is 19.4. The van der Waals surface area contributed by atoms with E-state index in [-0.39, 0.29) is 12.0 Å². The fourth-order valence-corrected chi connectivity index (χ4v) is 6.20. The number of carbonyl (C=O) groups excluding carboxylic acids is 1. The Morgan fingerprint density at radius 1 is 1.00 bits per heavy atom. The van der Waals surface area contributed by atoms with Crippen molar-refractivity contribution in [1.82, 2.24) is 9.88 Å². The van der Waals surface area contributed by atoms with Crippen LogP contribution in [0.3, 0.4) is 0 Å². The first kappa shape index (κ1) is 20.9. The summed E-state index contributed by atoms with van der Waals surface area (Å²) in [6, 6.07) is 18.1.